The Morgan fingerprint density at radius 2 is 1.31 bits per heavy atom. The molecule has 4 atom stereocenters. The zero-order chi connectivity index (χ0) is 18.5. The fraction of sp³-hybridized carbons (Fsp3) is 0.909. The molecule has 0 amide bonds. The summed E-state index contributed by atoms with van der Waals surface area (Å²) in [5, 5.41) is 19.1. The van der Waals surface area contributed by atoms with E-state index in [-0.39, 0.29) is 12.3 Å². The van der Waals surface area contributed by atoms with Gasteiger partial charge >= 0.3 is 11.9 Å². The van der Waals surface area contributed by atoms with E-state index in [0.717, 1.165) is 18.8 Å². The van der Waals surface area contributed by atoms with Gasteiger partial charge in [-0.1, -0.05) is 64.2 Å². The Balaban J connectivity index is 1.77. The van der Waals surface area contributed by atoms with Gasteiger partial charge in [0.1, 0.15) is 0 Å². The van der Waals surface area contributed by atoms with Crippen molar-refractivity contribution in [1.29, 1.82) is 0 Å². The summed E-state index contributed by atoms with van der Waals surface area (Å²) in [5.74, 6) is -0.0683. The third-order valence-corrected chi connectivity index (χ3v) is 7.80. The Hall–Kier alpha value is -1.06. The van der Waals surface area contributed by atoms with Gasteiger partial charge in [-0.15, -0.1) is 0 Å². The summed E-state index contributed by atoms with van der Waals surface area (Å²) in [4.78, 5) is 23.3. The molecule has 0 aromatic rings. The molecule has 0 aromatic heterocycles. The van der Waals surface area contributed by atoms with E-state index < -0.39 is 17.9 Å². The summed E-state index contributed by atoms with van der Waals surface area (Å²) in [5.41, 5.74) is 0. The van der Waals surface area contributed by atoms with Gasteiger partial charge in [-0.3, -0.25) is 9.59 Å². The summed E-state index contributed by atoms with van der Waals surface area (Å²) in [7, 11) is 0. The lowest BCUT2D eigenvalue weighted by molar-refractivity contribution is -0.153. The fourth-order valence-electron chi connectivity index (χ4n) is 6.52. The number of aliphatic carboxylic acids is 2. The lowest BCUT2D eigenvalue weighted by Gasteiger charge is -2.46. The summed E-state index contributed by atoms with van der Waals surface area (Å²) in [6.07, 6.45) is 15.9. The van der Waals surface area contributed by atoms with Crippen molar-refractivity contribution in [3.63, 3.8) is 0 Å². The molecule has 3 fully saturated rings. The predicted molar refractivity (Wildman–Crippen MR) is 101 cm³/mol. The highest BCUT2D eigenvalue weighted by Gasteiger charge is 2.44. The summed E-state index contributed by atoms with van der Waals surface area (Å²) in [6.45, 7) is 0. The van der Waals surface area contributed by atoms with Crippen LogP contribution in [0.5, 0.6) is 0 Å². The third kappa shape index (κ3) is 4.80. The second-order valence-corrected chi connectivity index (χ2v) is 9.24. The maximum atomic E-state index is 12.0. The van der Waals surface area contributed by atoms with Crippen molar-refractivity contribution in [3.8, 4) is 0 Å². The number of carbonyl (C=O) groups is 2. The molecule has 3 aliphatic rings. The van der Waals surface area contributed by atoms with E-state index in [1.807, 2.05) is 0 Å². The monoisotopic (exact) mass is 364 g/mol. The van der Waals surface area contributed by atoms with E-state index in [9.17, 15) is 19.8 Å². The zero-order valence-electron chi connectivity index (χ0n) is 16.1. The highest BCUT2D eigenvalue weighted by molar-refractivity contribution is 5.78. The van der Waals surface area contributed by atoms with Crippen molar-refractivity contribution in [3.05, 3.63) is 0 Å². The predicted octanol–water partition coefficient (Wildman–Crippen LogP) is 5.36. The molecule has 4 heteroatoms. The molecule has 148 valence electrons. The molecule has 0 aromatic carbocycles. The quantitative estimate of drug-likeness (QED) is 0.666. The summed E-state index contributed by atoms with van der Waals surface area (Å²) >= 11 is 0. The SMILES string of the molecule is O=C(O)CC(C(=O)O)C1CC(C2CCCCC2)CCC1C1CCCCC1. The zero-order valence-corrected chi connectivity index (χ0v) is 16.1. The van der Waals surface area contributed by atoms with Crippen LogP contribution in [0, 0.1) is 35.5 Å². The van der Waals surface area contributed by atoms with Crippen molar-refractivity contribution in [2.45, 2.75) is 89.9 Å². The number of hydrogen-bond donors (Lipinski definition) is 2. The topological polar surface area (TPSA) is 74.6 Å². The summed E-state index contributed by atoms with van der Waals surface area (Å²) in [6, 6.07) is 0. The minimum atomic E-state index is -0.959. The van der Waals surface area contributed by atoms with E-state index in [2.05, 4.69) is 0 Å². The molecule has 0 heterocycles. The minimum absolute atomic E-state index is 0.0624. The second-order valence-electron chi connectivity index (χ2n) is 9.24. The Morgan fingerprint density at radius 3 is 1.85 bits per heavy atom. The largest absolute Gasteiger partial charge is 0.481 e. The van der Waals surface area contributed by atoms with Crippen LogP contribution in [0.1, 0.15) is 89.9 Å². The van der Waals surface area contributed by atoms with Gasteiger partial charge in [0.25, 0.3) is 0 Å². The Bertz CT molecular complexity index is 477. The van der Waals surface area contributed by atoms with Gasteiger partial charge in [-0.2, -0.15) is 0 Å². The standard InChI is InChI=1S/C22H36O4/c23-21(24)14-20(22(25)26)19-13-17(15-7-3-1-4-8-15)11-12-18(19)16-9-5-2-6-10-16/h15-20H,1-14H2,(H,23,24)(H,25,26). The van der Waals surface area contributed by atoms with E-state index >= 15 is 0 Å². The third-order valence-electron chi connectivity index (χ3n) is 7.80. The highest BCUT2D eigenvalue weighted by Crippen LogP contribution is 2.50. The van der Waals surface area contributed by atoms with E-state index in [4.69, 9.17) is 0 Å². The molecule has 0 aliphatic heterocycles. The Kier molecular flexibility index (Phi) is 6.99. The molecule has 2 N–H and O–H groups in total. The molecule has 0 saturated heterocycles. The van der Waals surface area contributed by atoms with Crippen LogP contribution < -0.4 is 0 Å². The van der Waals surface area contributed by atoms with Crippen LogP contribution in [0.15, 0.2) is 0 Å². The van der Waals surface area contributed by atoms with Gasteiger partial charge in [0.15, 0.2) is 0 Å². The van der Waals surface area contributed by atoms with Crippen molar-refractivity contribution in [2.75, 3.05) is 0 Å². The van der Waals surface area contributed by atoms with Crippen LogP contribution in [0.2, 0.25) is 0 Å². The van der Waals surface area contributed by atoms with Gasteiger partial charge in [0.2, 0.25) is 0 Å². The van der Waals surface area contributed by atoms with Gasteiger partial charge in [-0.25, -0.2) is 0 Å². The first-order chi connectivity index (χ1) is 12.6. The first kappa shape index (κ1) is 19.7. The van der Waals surface area contributed by atoms with Crippen molar-refractivity contribution in [1.82, 2.24) is 0 Å². The van der Waals surface area contributed by atoms with E-state index in [0.29, 0.717) is 17.8 Å². The van der Waals surface area contributed by atoms with Gasteiger partial charge in [0, 0.05) is 0 Å². The van der Waals surface area contributed by atoms with Gasteiger partial charge in [-0.05, 0) is 48.9 Å². The molecule has 0 spiro atoms. The van der Waals surface area contributed by atoms with Crippen LogP contribution in [0.4, 0.5) is 0 Å². The molecule has 3 saturated carbocycles. The van der Waals surface area contributed by atoms with E-state index in [1.165, 1.54) is 70.6 Å². The normalized spacial score (nSPS) is 32.8. The summed E-state index contributed by atoms with van der Waals surface area (Å²) < 4.78 is 0. The Labute approximate surface area is 157 Å². The van der Waals surface area contributed by atoms with Crippen molar-refractivity contribution < 1.29 is 19.8 Å². The van der Waals surface area contributed by atoms with Gasteiger partial charge < -0.3 is 10.2 Å². The van der Waals surface area contributed by atoms with Gasteiger partial charge in [0.05, 0.1) is 12.3 Å². The number of carboxylic acids is 2. The highest BCUT2D eigenvalue weighted by atomic mass is 16.4. The molecule has 3 aliphatic carbocycles. The number of hydrogen-bond acceptors (Lipinski definition) is 2. The minimum Gasteiger partial charge on any atom is -0.481 e. The molecule has 4 unspecified atom stereocenters. The molecule has 0 bridgehead atoms. The van der Waals surface area contributed by atoms with Crippen LogP contribution >= 0.6 is 0 Å². The first-order valence-electron chi connectivity index (χ1n) is 11.0. The van der Waals surface area contributed by atoms with Crippen molar-refractivity contribution >= 4 is 11.9 Å². The lowest BCUT2D eigenvalue weighted by Crippen LogP contribution is -2.41. The Morgan fingerprint density at radius 1 is 0.731 bits per heavy atom. The van der Waals surface area contributed by atoms with Crippen LogP contribution in [-0.2, 0) is 9.59 Å². The van der Waals surface area contributed by atoms with Crippen LogP contribution in [-0.4, -0.2) is 22.2 Å². The number of carboxylic acid groups (broad SMARTS) is 2. The second kappa shape index (κ2) is 9.23. The molecular formula is C22H36O4. The molecular weight excluding hydrogens is 328 g/mol. The fourth-order valence-corrected chi connectivity index (χ4v) is 6.52. The smallest absolute Gasteiger partial charge is 0.307 e. The molecule has 4 nitrogen and oxygen atoms in total. The molecule has 26 heavy (non-hydrogen) atoms. The average molecular weight is 365 g/mol. The molecule has 0 radical (unpaired) electrons. The van der Waals surface area contributed by atoms with E-state index in [1.54, 1.807) is 0 Å². The lowest BCUT2D eigenvalue weighted by atomic mass is 9.59. The maximum Gasteiger partial charge on any atom is 0.307 e. The molecule has 3 rings (SSSR count). The number of rotatable bonds is 6. The first-order valence-corrected chi connectivity index (χ1v) is 11.0. The van der Waals surface area contributed by atoms with Crippen molar-refractivity contribution in [2.24, 2.45) is 35.5 Å². The maximum absolute atomic E-state index is 12.0. The average Bonchev–Trinajstić information content (AvgIpc) is 2.67. The van der Waals surface area contributed by atoms with Crippen LogP contribution in [0.3, 0.4) is 0 Å². The van der Waals surface area contributed by atoms with Crippen LogP contribution in [0.25, 0.3) is 0 Å².